The van der Waals surface area contributed by atoms with Gasteiger partial charge in [0.05, 0.1) is 11.9 Å². The van der Waals surface area contributed by atoms with Crippen LogP contribution in [-0.2, 0) is 7.05 Å². The van der Waals surface area contributed by atoms with E-state index in [9.17, 15) is 22.8 Å². The van der Waals surface area contributed by atoms with Gasteiger partial charge in [-0.25, -0.2) is 10.2 Å². The van der Waals surface area contributed by atoms with Gasteiger partial charge in [-0.1, -0.05) is 56.3 Å². The molecule has 13 heteroatoms. The zero-order valence-corrected chi connectivity index (χ0v) is 23.6. The lowest BCUT2D eigenvalue weighted by molar-refractivity contribution is -0.274. The largest absolute Gasteiger partial charge is 0.573 e. The Labute approximate surface area is 244 Å². The lowest BCUT2D eigenvalue weighted by Gasteiger charge is -2.11. The molecule has 0 unspecified atom stereocenters. The molecule has 3 N–H and O–H groups in total. The second kappa shape index (κ2) is 13.3. The maximum absolute atomic E-state index is 12.6. The number of alkyl halides is 3. The van der Waals surface area contributed by atoms with Crippen LogP contribution < -0.4 is 20.2 Å². The van der Waals surface area contributed by atoms with Gasteiger partial charge in [-0.05, 0) is 59.3 Å². The Morgan fingerprint density at radius 3 is 2.38 bits per heavy atom. The quantitative estimate of drug-likeness (QED) is 0.113. The molecular formula is C29H27F3N6O3S. The summed E-state index contributed by atoms with van der Waals surface area (Å²) in [6, 6.07) is 20.9. The normalized spacial score (nSPS) is 11.5. The summed E-state index contributed by atoms with van der Waals surface area (Å²) in [4.78, 5) is 25.7. The molecule has 4 rings (SSSR count). The van der Waals surface area contributed by atoms with Gasteiger partial charge in [-0.15, -0.1) is 13.2 Å². The second-order valence-corrected chi connectivity index (χ2v) is 10.1. The molecule has 1 heterocycles. The van der Waals surface area contributed by atoms with E-state index in [-0.39, 0.29) is 5.56 Å². The molecule has 0 bridgehead atoms. The van der Waals surface area contributed by atoms with Crippen LogP contribution in [0.2, 0.25) is 0 Å². The number of aryl methyl sites for hydroxylation is 1. The third kappa shape index (κ3) is 8.36. The summed E-state index contributed by atoms with van der Waals surface area (Å²) >= 11 is 1.22. The topological polar surface area (TPSA) is 110 Å². The molecule has 0 aliphatic rings. The first-order chi connectivity index (χ1) is 20.0. The molecule has 0 spiro atoms. The molecule has 3 aromatic carbocycles. The molecule has 0 aliphatic carbocycles. The number of rotatable bonds is 9. The van der Waals surface area contributed by atoms with E-state index in [2.05, 4.69) is 44.2 Å². The summed E-state index contributed by atoms with van der Waals surface area (Å²) in [6.45, 7) is 4.18. The van der Waals surface area contributed by atoms with E-state index in [0.29, 0.717) is 17.4 Å². The number of nitrogens with zero attached hydrogens (tertiary/aromatic N) is 3. The Kier molecular flexibility index (Phi) is 9.53. The van der Waals surface area contributed by atoms with E-state index >= 15 is 0 Å². The summed E-state index contributed by atoms with van der Waals surface area (Å²) in [5.41, 5.74) is 5.81. The molecule has 0 fully saturated rings. The van der Waals surface area contributed by atoms with Crippen molar-refractivity contribution in [1.82, 2.24) is 19.9 Å². The minimum absolute atomic E-state index is 0.150. The first-order valence-corrected chi connectivity index (χ1v) is 13.5. The number of urea groups is 1. The lowest BCUT2D eigenvalue weighted by Crippen LogP contribution is -2.27. The fraction of sp³-hybridized carbons (Fsp3) is 0.172. The van der Waals surface area contributed by atoms with Gasteiger partial charge in [-0.2, -0.15) is 10.2 Å². The van der Waals surface area contributed by atoms with Crippen LogP contribution in [0.5, 0.6) is 5.75 Å². The van der Waals surface area contributed by atoms with Crippen molar-refractivity contribution in [2.45, 2.75) is 31.0 Å². The molecular weight excluding hydrogens is 569 g/mol. The summed E-state index contributed by atoms with van der Waals surface area (Å²) < 4.78 is 45.1. The number of aromatic nitrogens is 2. The highest BCUT2D eigenvalue weighted by atomic mass is 32.2. The van der Waals surface area contributed by atoms with Crippen molar-refractivity contribution in [3.8, 4) is 17.0 Å². The van der Waals surface area contributed by atoms with Crippen LogP contribution in [-0.4, -0.2) is 34.3 Å². The molecule has 3 amide bonds. The van der Waals surface area contributed by atoms with Gasteiger partial charge in [0, 0.05) is 29.1 Å². The number of benzene rings is 3. The van der Waals surface area contributed by atoms with Gasteiger partial charge in [-0.3, -0.25) is 14.2 Å². The number of nitrogens with one attached hydrogen (secondary N) is 3. The van der Waals surface area contributed by atoms with Crippen LogP contribution in [0, 0.1) is 0 Å². The van der Waals surface area contributed by atoms with E-state index in [4.69, 9.17) is 0 Å². The van der Waals surface area contributed by atoms with E-state index in [0.717, 1.165) is 33.7 Å². The summed E-state index contributed by atoms with van der Waals surface area (Å²) in [7, 11) is 1.65. The summed E-state index contributed by atoms with van der Waals surface area (Å²) in [5.74, 6) is -0.224. The maximum atomic E-state index is 12.6. The van der Waals surface area contributed by atoms with E-state index in [1.165, 1.54) is 35.0 Å². The Bertz CT molecular complexity index is 1570. The third-order valence-electron chi connectivity index (χ3n) is 5.85. The van der Waals surface area contributed by atoms with E-state index < -0.39 is 24.1 Å². The number of carbonyl (C=O) groups excluding carboxylic acids is 2. The standard InChI is InChI=1S/C29H27F3N6O3S/c1-18(2)23-6-4-5-7-25(23)42-37-28(40)35-33-17-19-8-10-20(11-9-19)24-16-26(38(3)36-24)34-27(39)21-12-14-22(15-13-21)41-29(30,31)32/h4-18H,1-3H3,(H,34,39)(H2,35,37,40)/b33-17+. The number of hydrazone groups is 1. The molecule has 9 nitrogen and oxygen atoms in total. The summed E-state index contributed by atoms with van der Waals surface area (Å²) in [5, 5.41) is 11.1. The number of carbonyl (C=O) groups is 2. The number of amides is 3. The summed E-state index contributed by atoms with van der Waals surface area (Å²) in [6.07, 6.45) is -3.31. The molecule has 0 saturated heterocycles. The molecule has 0 atom stereocenters. The third-order valence-corrected chi connectivity index (χ3v) is 6.73. The van der Waals surface area contributed by atoms with Crippen molar-refractivity contribution in [3.05, 3.63) is 95.6 Å². The van der Waals surface area contributed by atoms with Crippen molar-refractivity contribution in [1.29, 1.82) is 0 Å². The van der Waals surface area contributed by atoms with Crippen molar-refractivity contribution >= 4 is 35.9 Å². The highest BCUT2D eigenvalue weighted by molar-refractivity contribution is 7.98. The molecule has 218 valence electrons. The predicted molar refractivity (Wildman–Crippen MR) is 155 cm³/mol. The zero-order valence-electron chi connectivity index (χ0n) is 22.8. The SMILES string of the molecule is CC(C)c1ccccc1SNC(=O)N/N=C/c1ccc(-c2cc(NC(=O)c3ccc(OC(F)(F)F)cc3)n(C)n2)cc1. The Morgan fingerprint density at radius 2 is 1.71 bits per heavy atom. The predicted octanol–water partition coefficient (Wildman–Crippen LogP) is 6.70. The zero-order chi connectivity index (χ0) is 30.3. The van der Waals surface area contributed by atoms with Crippen LogP contribution in [0.1, 0.15) is 41.3 Å². The Balaban J connectivity index is 1.31. The van der Waals surface area contributed by atoms with Gasteiger partial charge in [0.25, 0.3) is 5.91 Å². The van der Waals surface area contributed by atoms with Crippen LogP contribution in [0.15, 0.2) is 88.9 Å². The minimum atomic E-state index is -4.81. The van der Waals surface area contributed by atoms with Crippen LogP contribution >= 0.6 is 11.9 Å². The highest BCUT2D eigenvalue weighted by Gasteiger charge is 2.31. The first-order valence-electron chi connectivity index (χ1n) is 12.6. The number of hydrogen-bond acceptors (Lipinski definition) is 6. The van der Waals surface area contributed by atoms with E-state index in [1.807, 2.05) is 36.4 Å². The molecule has 0 aliphatic heterocycles. The van der Waals surface area contributed by atoms with Gasteiger partial charge in [0.2, 0.25) is 0 Å². The highest BCUT2D eigenvalue weighted by Crippen LogP contribution is 2.27. The fourth-order valence-corrected chi connectivity index (χ4v) is 4.62. The molecule has 0 radical (unpaired) electrons. The maximum Gasteiger partial charge on any atom is 0.573 e. The lowest BCUT2D eigenvalue weighted by atomic mass is 10.0. The van der Waals surface area contributed by atoms with Crippen LogP contribution in [0.4, 0.5) is 23.8 Å². The Morgan fingerprint density at radius 1 is 1.02 bits per heavy atom. The van der Waals surface area contributed by atoms with Crippen molar-refractivity contribution < 1.29 is 27.5 Å². The Hall–Kier alpha value is -4.78. The smallest absolute Gasteiger partial charge is 0.406 e. The molecule has 4 aromatic rings. The first kappa shape index (κ1) is 30.2. The fourth-order valence-electron chi connectivity index (χ4n) is 3.80. The van der Waals surface area contributed by atoms with Gasteiger partial charge in [0.15, 0.2) is 0 Å². The van der Waals surface area contributed by atoms with Gasteiger partial charge in [0.1, 0.15) is 11.6 Å². The number of ether oxygens (including phenoxy) is 1. The van der Waals surface area contributed by atoms with Gasteiger partial charge >= 0.3 is 12.4 Å². The second-order valence-electron chi connectivity index (χ2n) is 9.28. The van der Waals surface area contributed by atoms with Gasteiger partial charge < -0.3 is 10.1 Å². The monoisotopic (exact) mass is 596 g/mol. The number of hydrogen-bond donors (Lipinski definition) is 3. The van der Waals surface area contributed by atoms with Crippen LogP contribution in [0.25, 0.3) is 11.3 Å². The minimum Gasteiger partial charge on any atom is -0.406 e. The van der Waals surface area contributed by atoms with Crippen molar-refractivity contribution in [2.24, 2.45) is 12.1 Å². The van der Waals surface area contributed by atoms with E-state index in [1.54, 1.807) is 25.2 Å². The van der Waals surface area contributed by atoms with Crippen LogP contribution in [0.3, 0.4) is 0 Å². The van der Waals surface area contributed by atoms with Crippen molar-refractivity contribution in [3.63, 3.8) is 0 Å². The van der Waals surface area contributed by atoms with Crippen molar-refractivity contribution in [2.75, 3.05) is 5.32 Å². The molecule has 0 saturated carbocycles. The number of anilines is 1. The average Bonchev–Trinajstić information content (AvgIpc) is 3.31. The molecule has 42 heavy (non-hydrogen) atoms. The number of halogens is 3. The molecule has 1 aromatic heterocycles. The average molecular weight is 597 g/mol.